The van der Waals surface area contributed by atoms with Crippen LogP contribution in [0, 0.1) is 11.8 Å². The third kappa shape index (κ3) is 2.13. The van der Waals surface area contributed by atoms with Crippen LogP contribution >= 0.6 is 0 Å². The van der Waals surface area contributed by atoms with Crippen LogP contribution in [0.3, 0.4) is 0 Å². The lowest BCUT2D eigenvalue weighted by molar-refractivity contribution is -0.168. The molecule has 0 radical (unpaired) electrons. The Bertz CT molecular complexity index is 843. The monoisotopic (exact) mass is 350 g/mol. The Balaban J connectivity index is 1.97. The van der Waals surface area contributed by atoms with Crippen molar-refractivity contribution in [3.8, 4) is 0 Å². The summed E-state index contributed by atoms with van der Waals surface area (Å²) < 4.78 is 9.93. The van der Waals surface area contributed by atoms with Gasteiger partial charge >= 0.3 is 11.9 Å². The first-order chi connectivity index (χ1) is 12.6. The number of benzene rings is 2. The van der Waals surface area contributed by atoms with E-state index in [4.69, 9.17) is 9.47 Å². The zero-order valence-electron chi connectivity index (χ0n) is 14.5. The summed E-state index contributed by atoms with van der Waals surface area (Å²) in [4.78, 5) is 38.1. The van der Waals surface area contributed by atoms with E-state index in [1.807, 2.05) is 36.4 Å². The van der Waals surface area contributed by atoms with Gasteiger partial charge in [-0.2, -0.15) is 0 Å². The predicted octanol–water partition coefficient (Wildman–Crippen LogP) is 2.69. The molecular formula is C21H18O5. The smallest absolute Gasteiger partial charge is 0.310 e. The summed E-state index contributed by atoms with van der Waals surface area (Å²) in [7, 11) is 2.62. The number of ketones is 1. The molecule has 2 aliphatic rings. The van der Waals surface area contributed by atoms with Gasteiger partial charge in [0.2, 0.25) is 0 Å². The van der Waals surface area contributed by atoms with Gasteiger partial charge in [-0.3, -0.25) is 14.4 Å². The van der Waals surface area contributed by atoms with E-state index in [9.17, 15) is 14.4 Å². The highest BCUT2D eigenvalue weighted by Gasteiger charge is 2.61. The third-order valence-electron chi connectivity index (χ3n) is 5.62. The van der Waals surface area contributed by atoms with Crippen molar-refractivity contribution in [1.29, 1.82) is 0 Å². The van der Waals surface area contributed by atoms with Crippen molar-refractivity contribution in [3.05, 3.63) is 70.8 Å². The van der Waals surface area contributed by atoms with Crippen LogP contribution in [-0.2, 0) is 19.1 Å². The van der Waals surface area contributed by atoms with Crippen molar-refractivity contribution in [2.75, 3.05) is 14.2 Å². The summed E-state index contributed by atoms with van der Waals surface area (Å²) in [6.07, 6.45) is 0. The minimum atomic E-state index is -0.669. The number of hydrogen-bond acceptors (Lipinski definition) is 5. The van der Waals surface area contributed by atoms with Crippen LogP contribution < -0.4 is 0 Å². The third-order valence-corrected chi connectivity index (χ3v) is 5.62. The van der Waals surface area contributed by atoms with Crippen LogP contribution in [-0.4, -0.2) is 31.9 Å². The van der Waals surface area contributed by atoms with Gasteiger partial charge in [-0.05, 0) is 11.1 Å². The van der Waals surface area contributed by atoms with Gasteiger partial charge in [-0.25, -0.2) is 0 Å². The largest absolute Gasteiger partial charge is 0.469 e. The maximum absolute atomic E-state index is 13.1. The Hall–Kier alpha value is -2.95. The van der Waals surface area contributed by atoms with E-state index in [1.54, 1.807) is 12.1 Å². The molecule has 26 heavy (non-hydrogen) atoms. The van der Waals surface area contributed by atoms with Gasteiger partial charge in [0.05, 0.1) is 26.1 Å². The van der Waals surface area contributed by atoms with E-state index in [1.165, 1.54) is 14.2 Å². The first kappa shape index (κ1) is 16.5. The molecule has 0 aromatic heterocycles. The quantitative estimate of drug-likeness (QED) is 0.779. The van der Waals surface area contributed by atoms with Crippen molar-refractivity contribution in [1.82, 2.24) is 0 Å². The molecule has 0 N–H and O–H groups in total. The maximum atomic E-state index is 13.1. The number of esters is 2. The van der Waals surface area contributed by atoms with Crippen LogP contribution in [0.2, 0.25) is 0 Å². The van der Waals surface area contributed by atoms with Gasteiger partial charge < -0.3 is 9.47 Å². The Kier molecular flexibility index (Phi) is 3.87. The summed E-state index contributed by atoms with van der Waals surface area (Å²) in [6.45, 7) is 0. The molecule has 0 amide bonds. The van der Waals surface area contributed by atoms with Gasteiger partial charge in [0.1, 0.15) is 0 Å². The molecule has 5 heteroatoms. The van der Waals surface area contributed by atoms with Crippen molar-refractivity contribution < 1.29 is 23.9 Å². The molecule has 0 aliphatic heterocycles. The fraction of sp³-hybridized carbons (Fsp3) is 0.286. The van der Waals surface area contributed by atoms with E-state index in [-0.39, 0.29) is 17.6 Å². The lowest BCUT2D eigenvalue weighted by atomic mass is 9.52. The number of rotatable bonds is 2. The van der Waals surface area contributed by atoms with Crippen LogP contribution in [0.5, 0.6) is 0 Å². The number of hydrogen-bond donors (Lipinski definition) is 0. The van der Waals surface area contributed by atoms with E-state index in [0.717, 1.165) is 11.1 Å². The van der Waals surface area contributed by atoms with Crippen molar-refractivity contribution in [3.63, 3.8) is 0 Å². The Morgan fingerprint density at radius 3 is 1.50 bits per heavy atom. The molecule has 0 bridgehead atoms. The number of fused-ring (bicyclic) bond motifs is 5. The first-order valence-corrected chi connectivity index (χ1v) is 8.48. The van der Waals surface area contributed by atoms with Gasteiger partial charge in [0, 0.05) is 23.0 Å². The van der Waals surface area contributed by atoms with Crippen LogP contribution in [0.15, 0.2) is 48.5 Å². The second-order valence-corrected chi connectivity index (χ2v) is 6.65. The molecule has 2 aliphatic carbocycles. The first-order valence-electron chi connectivity index (χ1n) is 8.48. The van der Waals surface area contributed by atoms with Crippen molar-refractivity contribution >= 4 is 17.7 Å². The molecular weight excluding hydrogens is 332 g/mol. The number of methoxy groups -OCH3 is 2. The lowest BCUT2D eigenvalue weighted by Gasteiger charge is -2.49. The van der Waals surface area contributed by atoms with Gasteiger partial charge in [-0.1, -0.05) is 48.5 Å². The molecule has 2 aromatic carbocycles. The lowest BCUT2D eigenvalue weighted by Crippen LogP contribution is -2.52. The summed E-state index contributed by atoms with van der Waals surface area (Å²) in [5.41, 5.74) is 2.72. The minimum Gasteiger partial charge on any atom is -0.469 e. The van der Waals surface area contributed by atoms with Crippen molar-refractivity contribution in [2.24, 2.45) is 11.8 Å². The molecule has 0 heterocycles. The molecule has 132 valence electrons. The molecule has 0 unspecified atom stereocenters. The number of carbonyl (C=O) groups excluding carboxylic acids is 3. The Labute approximate surface area is 150 Å². The highest BCUT2D eigenvalue weighted by atomic mass is 16.5. The average molecular weight is 350 g/mol. The Morgan fingerprint density at radius 1 is 0.731 bits per heavy atom. The molecule has 4 atom stereocenters. The summed E-state index contributed by atoms with van der Waals surface area (Å²) in [5, 5.41) is 0. The maximum Gasteiger partial charge on any atom is 0.310 e. The molecule has 2 aromatic rings. The van der Waals surface area contributed by atoms with Gasteiger partial charge in [0.15, 0.2) is 5.78 Å². The van der Waals surface area contributed by atoms with Crippen molar-refractivity contribution in [2.45, 2.75) is 11.8 Å². The number of carbonyl (C=O) groups is 3. The zero-order chi connectivity index (χ0) is 18.4. The van der Waals surface area contributed by atoms with Crippen LogP contribution in [0.4, 0.5) is 0 Å². The zero-order valence-corrected chi connectivity index (χ0v) is 14.5. The molecule has 1 fully saturated rings. The van der Waals surface area contributed by atoms with Gasteiger partial charge in [-0.15, -0.1) is 0 Å². The van der Waals surface area contributed by atoms with Crippen LogP contribution in [0.25, 0.3) is 0 Å². The summed E-state index contributed by atoms with van der Waals surface area (Å²) in [5.74, 6) is -2.93. The molecule has 0 spiro atoms. The minimum absolute atomic E-state index is 0.0853. The highest BCUT2D eigenvalue weighted by molar-refractivity contribution is 6.12. The molecule has 0 saturated heterocycles. The van der Waals surface area contributed by atoms with Gasteiger partial charge in [0.25, 0.3) is 0 Å². The molecule has 1 saturated carbocycles. The fourth-order valence-corrected chi connectivity index (χ4v) is 4.51. The van der Waals surface area contributed by atoms with E-state index in [2.05, 4.69) is 0 Å². The average Bonchev–Trinajstić information content (AvgIpc) is 2.74. The Morgan fingerprint density at radius 2 is 1.12 bits per heavy atom. The summed E-state index contributed by atoms with van der Waals surface area (Å²) in [6, 6.07) is 14.6. The normalized spacial score (nSPS) is 25.7. The summed E-state index contributed by atoms with van der Waals surface area (Å²) >= 11 is 0. The molecule has 4 rings (SSSR count). The highest BCUT2D eigenvalue weighted by Crippen LogP contribution is 2.61. The van der Waals surface area contributed by atoms with E-state index >= 15 is 0 Å². The SMILES string of the molecule is COC(=O)[C@@H]1[C@H](C(=O)OC)[C@@H]2c3ccccc3C(=O)c3ccccc3[C@@H]12. The standard InChI is InChI=1S/C21H18O5/c1-25-20(23)17-15-11-7-3-5-9-13(11)19(22)14-10-6-4-8-12(14)16(15)18(17)21(24)26-2/h3-10,15-18H,1-2H3/t15-,16-,17-,18+/m1/s1. The van der Waals surface area contributed by atoms with E-state index in [0.29, 0.717) is 11.1 Å². The molecule has 5 nitrogen and oxygen atoms in total. The van der Waals surface area contributed by atoms with Crippen LogP contribution in [0.1, 0.15) is 38.9 Å². The fourth-order valence-electron chi connectivity index (χ4n) is 4.51. The second-order valence-electron chi connectivity index (χ2n) is 6.65. The van der Waals surface area contributed by atoms with E-state index < -0.39 is 23.8 Å². The second kappa shape index (κ2) is 6.09. The topological polar surface area (TPSA) is 69.7 Å². The predicted molar refractivity (Wildman–Crippen MR) is 92.8 cm³/mol. The number of ether oxygens (including phenoxy) is 2.